The molecule has 0 amide bonds. The van der Waals surface area contributed by atoms with Gasteiger partial charge in [0.05, 0.1) is 25.3 Å². The fraction of sp³-hybridized carbons (Fsp3) is 0.692. The maximum atomic E-state index is 11.3. The second-order valence-corrected chi connectivity index (χ2v) is 5.93. The molecule has 0 spiro atoms. The number of ether oxygens (including phenoxy) is 1. The summed E-state index contributed by atoms with van der Waals surface area (Å²) in [5.41, 5.74) is 0.812. The Morgan fingerprint density at radius 2 is 2.32 bits per heavy atom. The Morgan fingerprint density at radius 1 is 1.53 bits per heavy atom. The molecule has 0 aliphatic carbocycles. The lowest BCUT2D eigenvalue weighted by Crippen LogP contribution is -2.30. The van der Waals surface area contributed by atoms with Crippen molar-refractivity contribution in [1.82, 2.24) is 14.8 Å². The SMILES string of the molecule is COC(=O)Cc1csc(C2CN(C)CCCN2C)n1. The van der Waals surface area contributed by atoms with Crippen molar-refractivity contribution >= 4 is 17.3 Å². The number of carbonyl (C=O) groups excluding carboxylic acids is 1. The number of hydrogen-bond donors (Lipinski definition) is 0. The molecule has 5 nitrogen and oxygen atoms in total. The smallest absolute Gasteiger partial charge is 0.311 e. The molecule has 1 saturated heterocycles. The van der Waals surface area contributed by atoms with Crippen LogP contribution in [0.4, 0.5) is 0 Å². The molecular formula is C13H21N3O2S. The third kappa shape index (κ3) is 3.75. The van der Waals surface area contributed by atoms with Crippen molar-refractivity contribution < 1.29 is 9.53 Å². The number of methoxy groups -OCH3 is 1. The van der Waals surface area contributed by atoms with E-state index in [2.05, 4.69) is 33.6 Å². The second kappa shape index (κ2) is 6.45. The first kappa shape index (κ1) is 14.4. The molecular weight excluding hydrogens is 262 g/mol. The van der Waals surface area contributed by atoms with Crippen molar-refractivity contribution in [3.63, 3.8) is 0 Å². The van der Waals surface area contributed by atoms with Crippen molar-refractivity contribution in [3.8, 4) is 0 Å². The van der Waals surface area contributed by atoms with Crippen molar-refractivity contribution in [2.75, 3.05) is 40.8 Å². The second-order valence-electron chi connectivity index (χ2n) is 5.04. The van der Waals surface area contributed by atoms with E-state index in [4.69, 9.17) is 0 Å². The highest BCUT2D eigenvalue weighted by molar-refractivity contribution is 7.09. The molecule has 6 heteroatoms. The Labute approximate surface area is 118 Å². The lowest BCUT2D eigenvalue weighted by molar-refractivity contribution is -0.139. The minimum Gasteiger partial charge on any atom is -0.469 e. The van der Waals surface area contributed by atoms with Gasteiger partial charge < -0.3 is 9.64 Å². The lowest BCUT2D eigenvalue weighted by atomic mass is 10.2. The van der Waals surface area contributed by atoms with Gasteiger partial charge in [-0.25, -0.2) is 4.98 Å². The zero-order valence-corrected chi connectivity index (χ0v) is 12.6. The van der Waals surface area contributed by atoms with Crippen LogP contribution < -0.4 is 0 Å². The molecule has 1 unspecified atom stereocenters. The molecule has 0 bridgehead atoms. The molecule has 1 aliphatic rings. The molecule has 0 N–H and O–H groups in total. The predicted octanol–water partition coefficient (Wildman–Crippen LogP) is 1.17. The first-order valence-electron chi connectivity index (χ1n) is 6.50. The van der Waals surface area contributed by atoms with Gasteiger partial charge in [0.25, 0.3) is 0 Å². The summed E-state index contributed by atoms with van der Waals surface area (Å²) in [6.07, 6.45) is 1.45. The molecule has 1 aromatic heterocycles. The van der Waals surface area contributed by atoms with E-state index in [1.807, 2.05) is 5.38 Å². The number of hydrogen-bond acceptors (Lipinski definition) is 6. The summed E-state index contributed by atoms with van der Waals surface area (Å²) in [4.78, 5) is 20.6. The zero-order chi connectivity index (χ0) is 13.8. The van der Waals surface area contributed by atoms with Gasteiger partial charge >= 0.3 is 5.97 Å². The van der Waals surface area contributed by atoms with E-state index in [0.29, 0.717) is 6.04 Å². The van der Waals surface area contributed by atoms with Crippen LogP contribution in [0, 0.1) is 0 Å². The number of aromatic nitrogens is 1. The molecule has 106 valence electrons. The zero-order valence-electron chi connectivity index (χ0n) is 11.8. The molecule has 0 radical (unpaired) electrons. The van der Waals surface area contributed by atoms with Crippen LogP contribution in [0.15, 0.2) is 5.38 Å². The van der Waals surface area contributed by atoms with Crippen molar-refractivity contribution in [1.29, 1.82) is 0 Å². The van der Waals surface area contributed by atoms with Crippen LogP contribution in [0.25, 0.3) is 0 Å². The Bertz CT molecular complexity index is 435. The molecule has 19 heavy (non-hydrogen) atoms. The Morgan fingerprint density at radius 3 is 3.05 bits per heavy atom. The highest BCUT2D eigenvalue weighted by atomic mass is 32.1. The van der Waals surface area contributed by atoms with Gasteiger partial charge in [-0.3, -0.25) is 9.69 Å². The number of likely N-dealkylation sites (N-methyl/N-ethyl adjacent to an activating group) is 2. The van der Waals surface area contributed by atoms with Crippen LogP contribution in [0.2, 0.25) is 0 Å². The van der Waals surface area contributed by atoms with Crippen molar-refractivity contribution in [2.24, 2.45) is 0 Å². The summed E-state index contributed by atoms with van der Waals surface area (Å²) >= 11 is 1.64. The van der Waals surface area contributed by atoms with Crippen molar-refractivity contribution in [3.05, 3.63) is 16.1 Å². The molecule has 2 heterocycles. The molecule has 1 aromatic rings. The predicted molar refractivity (Wildman–Crippen MR) is 75.3 cm³/mol. The first-order valence-corrected chi connectivity index (χ1v) is 7.38. The van der Waals surface area contributed by atoms with Crippen molar-refractivity contribution in [2.45, 2.75) is 18.9 Å². The lowest BCUT2D eigenvalue weighted by Gasteiger charge is -2.25. The van der Waals surface area contributed by atoms with Crippen LogP contribution in [-0.4, -0.2) is 61.6 Å². The Hall–Kier alpha value is -0.980. The average molecular weight is 283 g/mol. The molecule has 1 atom stereocenters. The van der Waals surface area contributed by atoms with Crippen LogP contribution in [0.3, 0.4) is 0 Å². The van der Waals surface area contributed by atoms with E-state index in [0.717, 1.165) is 30.3 Å². The van der Waals surface area contributed by atoms with E-state index in [1.165, 1.54) is 13.5 Å². The molecule has 1 aliphatic heterocycles. The molecule has 1 fully saturated rings. The standard InChI is InChI=1S/C13H21N3O2S/c1-15-5-4-6-16(2)11(8-15)13-14-10(9-19-13)7-12(17)18-3/h9,11H,4-8H2,1-3H3. The third-order valence-electron chi connectivity index (χ3n) is 3.48. The maximum absolute atomic E-state index is 11.3. The molecule has 2 rings (SSSR count). The monoisotopic (exact) mass is 283 g/mol. The van der Waals surface area contributed by atoms with Gasteiger partial charge in [0.15, 0.2) is 0 Å². The number of nitrogens with zero attached hydrogens (tertiary/aromatic N) is 3. The van der Waals surface area contributed by atoms with Gasteiger partial charge in [-0.15, -0.1) is 11.3 Å². The summed E-state index contributed by atoms with van der Waals surface area (Å²) in [6, 6.07) is 0.323. The summed E-state index contributed by atoms with van der Waals surface area (Å²) in [5.74, 6) is -0.233. The Balaban J connectivity index is 2.09. The highest BCUT2D eigenvalue weighted by Crippen LogP contribution is 2.26. The maximum Gasteiger partial charge on any atom is 0.311 e. The average Bonchev–Trinajstić information content (AvgIpc) is 2.76. The number of carbonyl (C=O) groups is 1. The summed E-state index contributed by atoms with van der Waals surface area (Å²) in [6.45, 7) is 3.20. The summed E-state index contributed by atoms with van der Waals surface area (Å²) < 4.78 is 4.67. The van der Waals surface area contributed by atoms with Gasteiger partial charge in [0, 0.05) is 11.9 Å². The van der Waals surface area contributed by atoms with Crippen LogP contribution >= 0.6 is 11.3 Å². The fourth-order valence-corrected chi connectivity index (χ4v) is 3.29. The minimum atomic E-state index is -0.233. The van der Waals surface area contributed by atoms with Gasteiger partial charge in [-0.1, -0.05) is 0 Å². The number of thiazole rings is 1. The van der Waals surface area contributed by atoms with E-state index in [-0.39, 0.29) is 12.4 Å². The Kier molecular flexibility index (Phi) is 4.90. The fourth-order valence-electron chi connectivity index (χ4n) is 2.32. The molecule has 0 aromatic carbocycles. The summed E-state index contributed by atoms with van der Waals surface area (Å²) in [5, 5.41) is 3.06. The van der Waals surface area contributed by atoms with Gasteiger partial charge in [0.1, 0.15) is 5.01 Å². The highest BCUT2D eigenvalue weighted by Gasteiger charge is 2.24. The van der Waals surface area contributed by atoms with E-state index in [1.54, 1.807) is 11.3 Å². The topological polar surface area (TPSA) is 45.7 Å². The third-order valence-corrected chi connectivity index (χ3v) is 4.47. The number of rotatable bonds is 3. The van der Waals surface area contributed by atoms with Crippen LogP contribution in [0.1, 0.15) is 23.2 Å². The van der Waals surface area contributed by atoms with Crippen LogP contribution in [-0.2, 0) is 16.0 Å². The van der Waals surface area contributed by atoms with Crippen LogP contribution in [0.5, 0.6) is 0 Å². The number of esters is 1. The molecule has 0 saturated carbocycles. The van der Waals surface area contributed by atoms with Gasteiger partial charge in [-0.2, -0.15) is 0 Å². The van der Waals surface area contributed by atoms with E-state index in [9.17, 15) is 4.79 Å². The van der Waals surface area contributed by atoms with E-state index < -0.39 is 0 Å². The minimum absolute atomic E-state index is 0.233. The summed E-state index contributed by atoms with van der Waals surface area (Å²) in [7, 11) is 5.70. The normalized spacial score (nSPS) is 22.2. The first-order chi connectivity index (χ1) is 9.10. The van der Waals surface area contributed by atoms with Gasteiger partial charge in [-0.05, 0) is 33.6 Å². The quantitative estimate of drug-likeness (QED) is 0.779. The van der Waals surface area contributed by atoms with E-state index >= 15 is 0 Å². The largest absolute Gasteiger partial charge is 0.469 e. The van der Waals surface area contributed by atoms with Gasteiger partial charge in [0.2, 0.25) is 0 Å².